The Balaban J connectivity index is 2.25. The van der Waals surface area contributed by atoms with Crippen LogP contribution in [0, 0.1) is 15.5 Å². The Morgan fingerprint density at radius 3 is 2.57 bits per heavy atom. The second kappa shape index (κ2) is 6.28. The predicted octanol–water partition coefficient (Wildman–Crippen LogP) is 3.44. The van der Waals surface area contributed by atoms with Crippen molar-refractivity contribution in [1.29, 1.82) is 0 Å². The quantitative estimate of drug-likeness (QED) is 0.665. The molecule has 1 saturated heterocycles. The summed E-state index contributed by atoms with van der Waals surface area (Å²) in [6.07, 6.45) is 3.25. The number of rotatable bonds is 5. The summed E-state index contributed by atoms with van der Waals surface area (Å²) in [4.78, 5) is 17.4. The van der Waals surface area contributed by atoms with Crippen LogP contribution in [0.3, 0.4) is 0 Å². The van der Waals surface area contributed by atoms with Crippen molar-refractivity contribution in [3.63, 3.8) is 0 Å². The molecular weight excluding hydrogens is 268 g/mol. The van der Waals surface area contributed by atoms with Crippen LogP contribution in [0.25, 0.3) is 0 Å². The molecule has 116 valence electrons. The normalized spacial score (nSPS) is 17.6. The van der Waals surface area contributed by atoms with Crippen LogP contribution in [0.1, 0.15) is 40.0 Å². The van der Waals surface area contributed by atoms with Crippen LogP contribution >= 0.6 is 0 Å². The third-order valence-corrected chi connectivity index (χ3v) is 4.53. The molecule has 1 aliphatic rings. The first-order chi connectivity index (χ1) is 9.99. The van der Waals surface area contributed by atoms with Gasteiger partial charge in [-0.3, -0.25) is 10.1 Å². The summed E-state index contributed by atoms with van der Waals surface area (Å²) in [5.41, 5.74) is 0.446. The summed E-state index contributed by atoms with van der Waals surface area (Å²) in [6, 6.07) is 3.22. The fourth-order valence-corrected chi connectivity index (χ4v) is 2.71. The van der Waals surface area contributed by atoms with Gasteiger partial charge < -0.3 is 10.2 Å². The molecule has 1 N–H and O–H groups in total. The minimum atomic E-state index is -0.342. The smallest absolute Gasteiger partial charge is 0.311 e. The van der Waals surface area contributed by atoms with E-state index in [2.05, 4.69) is 29.0 Å². The molecule has 1 aromatic rings. The molecular formula is C15H24N4O2. The van der Waals surface area contributed by atoms with Gasteiger partial charge in [0.15, 0.2) is 0 Å². The maximum Gasteiger partial charge on any atom is 0.311 e. The molecule has 1 aromatic heterocycles. The average molecular weight is 292 g/mol. The maximum atomic E-state index is 11.2. The van der Waals surface area contributed by atoms with Crippen molar-refractivity contribution >= 4 is 17.3 Å². The first kappa shape index (κ1) is 15.5. The van der Waals surface area contributed by atoms with Crippen molar-refractivity contribution in [2.75, 3.05) is 29.9 Å². The number of aromatic nitrogens is 1. The van der Waals surface area contributed by atoms with E-state index in [9.17, 15) is 10.1 Å². The minimum Gasteiger partial charge on any atom is -0.370 e. The lowest BCUT2D eigenvalue weighted by Gasteiger charge is -2.39. The summed E-state index contributed by atoms with van der Waals surface area (Å²) in [6.45, 7) is 8.89. The van der Waals surface area contributed by atoms with Gasteiger partial charge in [0.25, 0.3) is 0 Å². The summed E-state index contributed by atoms with van der Waals surface area (Å²) >= 11 is 0. The number of nitrogens with zero attached hydrogens (tertiary/aromatic N) is 3. The van der Waals surface area contributed by atoms with E-state index in [1.807, 2.05) is 6.92 Å². The molecule has 6 nitrogen and oxygen atoms in total. The minimum absolute atomic E-state index is 0.0942. The monoisotopic (exact) mass is 292 g/mol. The average Bonchev–Trinajstić information content (AvgIpc) is 2.48. The number of nitro groups is 1. The zero-order valence-electron chi connectivity index (χ0n) is 13.1. The van der Waals surface area contributed by atoms with Gasteiger partial charge in [-0.1, -0.05) is 20.3 Å². The number of hydrogen-bond acceptors (Lipinski definition) is 5. The first-order valence-corrected chi connectivity index (χ1v) is 7.63. The van der Waals surface area contributed by atoms with Gasteiger partial charge in [0.1, 0.15) is 5.82 Å². The lowest BCUT2D eigenvalue weighted by Crippen LogP contribution is -2.39. The highest BCUT2D eigenvalue weighted by atomic mass is 16.6. The molecule has 2 rings (SSSR count). The first-order valence-electron chi connectivity index (χ1n) is 7.63. The summed E-state index contributed by atoms with van der Waals surface area (Å²) < 4.78 is 0. The van der Waals surface area contributed by atoms with Crippen LogP contribution in [0.2, 0.25) is 0 Å². The van der Waals surface area contributed by atoms with E-state index in [0.717, 1.165) is 38.9 Å². The molecule has 1 aliphatic heterocycles. The van der Waals surface area contributed by atoms with Gasteiger partial charge in [-0.2, -0.15) is 0 Å². The van der Waals surface area contributed by atoms with E-state index in [0.29, 0.717) is 17.1 Å². The van der Waals surface area contributed by atoms with E-state index in [1.165, 1.54) is 0 Å². The van der Waals surface area contributed by atoms with Crippen molar-refractivity contribution in [1.82, 2.24) is 4.98 Å². The van der Waals surface area contributed by atoms with Crippen LogP contribution in [0.4, 0.5) is 17.3 Å². The summed E-state index contributed by atoms with van der Waals surface area (Å²) in [5, 5.41) is 14.4. The molecule has 2 heterocycles. The number of nitrogens with one attached hydrogen (secondary N) is 1. The molecule has 0 bridgehead atoms. The summed E-state index contributed by atoms with van der Waals surface area (Å²) in [5.74, 6) is 1.19. The Morgan fingerprint density at radius 2 is 2.05 bits per heavy atom. The molecule has 0 atom stereocenters. The third-order valence-electron chi connectivity index (χ3n) is 4.53. The van der Waals surface area contributed by atoms with E-state index < -0.39 is 0 Å². The predicted molar refractivity (Wildman–Crippen MR) is 84.9 cm³/mol. The Morgan fingerprint density at radius 1 is 1.38 bits per heavy atom. The van der Waals surface area contributed by atoms with Crippen molar-refractivity contribution in [2.24, 2.45) is 5.41 Å². The zero-order valence-corrected chi connectivity index (χ0v) is 13.1. The number of pyridine rings is 1. The second-order valence-corrected chi connectivity index (χ2v) is 5.98. The van der Waals surface area contributed by atoms with Crippen molar-refractivity contribution in [2.45, 2.75) is 40.0 Å². The molecule has 6 heteroatoms. The van der Waals surface area contributed by atoms with Crippen LogP contribution in [-0.2, 0) is 0 Å². The van der Waals surface area contributed by atoms with E-state index in [4.69, 9.17) is 0 Å². The molecule has 0 unspecified atom stereocenters. The van der Waals surface area contributed by atoms with Crippen molar-refractivity contribution in [3.8, 4) is 0 Å². The van der Waals surface area contributed by atoms with Crippen LogP contribution in [0.15, 0.2) is 12.1 Å². The van der Waals surface area contributed by atoms with Crippen molar-refractivity contribution in [3.05, 3.63) is 22.2 Å². The molecule has 0 aliphatic carbocycles. The van der Waals surface area contributed by atoms with E-state index in [1.54, 1.807) is 12.1 Å². The van der Waals surface area contributed by atoms with Crippen LogP contribution in [-0.4, -0.2) is 29.5 Å². The standard InChI is InChI=1S/C15H24N4O2/c1-4-15(3)8-10-18(11-9-15)14-12(19(20)21)6-7-13(17-14)16-5-2/h6-7H,4-5,8-11H2,1-3H3,(H,16,17). The van der Waals surface area contributed by atoms with Crippen LogP contribution in [0.5, 0.6) is 0 Å². The SMILES string of the molecule is CCNc1ccc([N+](=O)[O-])c(N2CCC(C)(CC)CC2)n1. The molecule has 0 radical (unpaired) electrons. The zero-order chi connectivity index (χ0) is 15.5. The van der Waals surface area contributed by atoms with Crippen LogP contribution < -0.4 is 10.2 Å². The van der Waals surface area contributed by atoms with Gasteiger partial charge >= 0.3 is 5.69 Å². The molecule has 0 saturated carbocycles. The fraction of sp³-hybridized carbons (Fsp3) is 0.667. The fourth-order valence-electron chi connectivity index (χ4n) is 2.71. The molecule has 0 aromatic carbocycles. The van der Waals surface area contributed by atoms with Crippen molar-refractivity contribution < 1.29 is 4.92 Å². The molecule has 21 heavy (non-hydrogen) atoms. The second-order valence-electron chi connectivity index (χ2n) is 5.98. The highest BCUT2D eigenvalue weighted by molar-refractivity contribution is 5.62. The van der Waals surface area contributed by atoms with Gasteiger partial charge in [0.05, 0.1) is 4.92 Å². The highest BCUT2D eigenvalue weighted by Crippen LogP contribution is 2.37. The lowest BCUT2D eigenvalue weighted by molar-refractivity contribution is -0.384. The maximum absolute atomic E-state index is 11.2. The Kier molecular flexibility index (Phi) is 4.65. The third kappa shape index (κ3) is 3.43. The lowest BCUT2D eigenvalue weighted by atomic mass is 9.78. The highest BCUT2D eigenvalue weighted by Gasteiger charge is 2.31. The Labute approximate surface area is 125 Å². The molecule has 0 amide bonds. The number of anilines is 2. The van der Waals surface area contributed by atoms with E-state index >= 15 is 0 Å². The largest absolute Gasteiger partial charge is 0.370 e. The number of hydrogen-bond donors (Lipinski definition) is 1. The molecule has 1 fully saturated rings. The molecule has 0 spiro atoms. The van der Waals surface area contributed by atoms with Gasteiger partial charge in [0.2, 0.25) is 5.82 Å². The number of piperidine rings is 1. The summed E-state index contributed by atoms with van der Waals surface area (Å²) in [7, 11) is 0. The van der Waals surface area contributed by atoms with Gasteiger partial charge in [-0.25, -0.2) is 4.98 Å². The Hall–Kier alpha value is -1.85. The van der Waals surface area contributed by atoms with Gasteiger partial charge in [0, 0.05) is 25.7 Å². The van der Waals surface area contributed by atoms with E-state index in [-0.39, 0.29) is 10.6 Å². The Bertz CT molecular complexity index is 510. The van der Waals surface area contributed by atoms with Gasteiger partial charge in [-0.15, -0.1) is 0 Å². The van der Waals surface area contributed by atoms with Gasteiger partial charge in [-0.05, 0) is 31.2 Å². The topological polar surface area (TPSA) is 71.3 Å².